The molecule has 3 nitrogen and oxygen atoms in total. The summed E-state index contributed by atoms with van der Waals surface area (Å²) in [6.07, 6.45) is -0.760. The molecule has 1 heterocycles. The molecule has 0 aliphatic heterocycles. The van der Waals surface area contributed by atoms with E-state index in [0.717, 1.165) is 6.07 Å². The molecular formula is C13H14F3N3. The number of hydrogen-bond acceptors (Lipinski definition) is 2. The fourth-order valence-corrected chi connectivity index (χ4v) is 1.72. The Morgan fingerprint density at radius 1 is 1.21 bits per heavy atom. The highest BCUT2D eigenvalue weighted by Gasteiger charge is 2.30. The Bertz CT molecular complexity index is 506. The predicted octanol–water partition coefficient (Wildman–Crippen LogP) is 2.69. The highest BCUT2D eigenvalue weighted by molar-refractivity contribution is 5.25. The van der Waals surface area contributed by atoms with Crippen molar-refractivity contribution in [1.29, 1.82) is 0 Å². The molecule has 1 N–H and O–H groups in total. The van der Waals surface area contributed by atoms with Crippen LogP contribution in [-0.2, 0) is 19.3 Å². The first-order valence-electron chi connectivity index (χ1n) is 5.90. The van der Waals surface area contributed by atoms with Crippen LogP contribution in [0.4, 0.5) is 13.2 Å². The van der Waals surface area contributed by atoms with Crippen LogP contribution in [0, 0.1) is 0 Å². The SMILES string of the molecule is FC(F)(F)c1cccc(CNCCn2cccn2)c1. The van der Waals surface area contributed by atoms with Crippen molar-refractivity contribution in [2.45, 2.75) is 19.3 Å². The van der Waals surface area contributed by atoms with E-state index < -0.39 is 11.7 Å². The maximum atomic E-state index is 12.5. The predicted molar refractivity (Wildman–Crippen MR) is 65.4 cm³/mol. The average Bonchev–Trinajstić information content (AvgIpc) is 2.87. The Hall–Kier alpha value is -1.82. The van der Waals surface area contributed by atoms with Gasteiger partial charge in [-0.05, 0) is 17.7 Å². The lowest BCUT2D eigenvalue weighted by Gasteiger charge is -2.09. The molecule has 19 heavy (non-hydrogen) atoms. The van der Waals surface area contributed by atoms with Gasteiger partial charge in [-0.1, -0.05) is 18.2 Å². The molecule has 1 aromatic heterocycles. The average molecular weight is 269 g/mol. The van der Waals surface area contributed by atoms with Gasteiger partial charge in [-0.3, -0.25) is 4.68 Å². The van der Waals surface area contributed by atoms with Crippen molar-refractivity contribution < 1.29 is 13.2 Å². The van der Waals surface area contributed by atoms with Gasteiger partial charge >= 0.3 is 6.18 Å². The van der Waals surface area contributed by atoms with Gasteiger partial charge in [0, 0.05) is 25.5 Å². The van der Waals surface area contributed by atoms with Crippen molar-refractivity contribution in [1.82, 2.24) is 15.1 Å². The molecular weight excluding hydrogens is 255 g/mol. The minimum atomic E-state index is -4.29. The van der Waals surface area contributed by atoms with Crippen molar-refractivity contribution in [3.8, 4) is 0 Å². The van der Waals surface area contributed by atoms with Crippen LogP contribution in [0.15, 0.2) is 42.7 Å². The number of nitrogens with one attached hydrogen (secondary N) is 1. The molecule has 0 amide bonds. The number of benzene rings is 1. The highest BCUT2D eigenvalue weighted by Crippen LogP contribution is 2.29. The first-order valence-corrected chi connectivity index (χ1v) is 5.90. The zero-order chi connectivity index (χ0) is 13.7. The summed E-state index contributed by atoms with van der Waals surface area (Å²) in [5.41, 5.74) is 0.00849. The van der Waals surface area contributed by atoms with Crippen molar-refractivity contribution in [3.63, 3.8) is 0 Å². The summed E-state index contributed by atoms with van der Waals surface area (Å²) in [5.74, 6) is 0. The molecule has 0 spiro atoms. The summed E-state index contributed by atoms with van der Waals surface area (Å²) in [5, 5.41) is 7.13. The summed E-state index contributed by atoms with van der Waals surface area (Å²) in [7, 11) is 0. The molecule has 0 bridgehead atoms. The van der Waals surface area contributed by atoms with E-state index in [1.54, 1.807) is 16.9 Å². The van der Waals surface area contributed by atoms with Crippen LogP contribution in [0.3, 0.4) is 0 Å². The number of aromatic nitrogens is 2. The maximum Gasteiger partial charge on any atom is 0.416 e. The fourth-order valence-electron chi connectivity index (χ4n) is 1.72. The minimum absolute atomic E-state index is 0.408. The molecule has 2 rings (SSSR count). The van der Waals surface area contributed by atoms with Gasteiger partial charge in [0.05, 0.1) is 12.1 Å². The fraction of sp³-hybridized carbons (Fsp3) is 0.308. The van der Waals surface area contributed by atoms with E-state index in [0.29, 0.717) is 25.2 Å². The largest absolute Gasteiger partial charge is 0.416 e. The number of halogens is 3. The zero-order valence-electron chi connectivity index (χ0n) is 10.2. The highest BCUT2D eigenvalue weighted by atomic mass is 19.4. The summed E-state index contributed by atoms with van der Waals surface area (Å²) >= 11 is 0. The second-order valence-electron chi connectivity index (χ2n) is 4.14. The van der Waals surface area contributed by atoms with E-state index >= 15 is 0 Å². The summed E-state index contributed by atoms with van der Waals surface area (Å²) in [6, 6.07) is 7.17. The van der Waals surface area contributed by atoms with Crippen molar-refractivity contribution in [2.24, 2.45) is 0 Å². The van der Waals surface area contributed by atoms with Crippen LogP contribution in [0.1, 0.15) is 11.1 Å². The van der Waals surface area contributed by atoms with E-state index in [1.165, 1.54) is 12.1 Å². The molecule has 6 heteroatoms. The molecule has 0 aliphatic rings. The normalized spacial score (nSPS) is 11.7. The standard InChI is InChI=1S/C13H14F3N3/c14-13(15,16)12-4-1-3-11(9-12)10-17-6-8-19-7-2-5-18-19/h1-5,7,9,17H,6,8,10H2. The number of rotatable bonds is 5. The summed E-state index contributed by atoms with van der Waals surface area (Å²) in [6.45, 7) is 1.75. The van der Waals surface area contributed by atoms with Crippen LogP contribution in [0.5, 0.6) is 0 Å². The molecule has 0 saturated carbocycles. The number of hydrogen-bond donors (Lipinski definition) is 1. The van der Waals surface area contributed by atoms with E-state index in [2.05, 4.69) is 10.4 Å². The van der Waals surface area contributed by atoms with E-state index in [4.69, 9.17) is 0 Å². The lowest BCUT2D eigenvalue weighted by molar-refractivity contribution is -0.137. The monoisotopic (exact) mass is 269 g/mol. The van der Waals surface area contributed by atoms with Crippen LogP contribution < -0.4 is 5.32 Å². The maximum absolute atomic E-state index is 12.5. The quantitative estimate of drug-likeness (QED) is 0.846. The molecule has 0 saturated heterocycles. The minimum Gasteiger partial charge on any atom is -0.311 e. The van der Waals surface area contributed by atoms with Gasteiger partial charge in [0.2, 0.25) is 0 Å². The Kier molecular flexibility index (Phi) is 4.21. The van der Waals surface area contributed by atoms with E-state index in [1.807, 2.05) is 12.3 Å². The van der Waals surface area contributed by atoms with Gasteiger partial charge in [0.25, 0.3) is 0 Å². The van der Waals surface area contributed by atoms with E-state index in [-0.39, 0.29) is 0 Å². The van der Waals surface area contributed by atoms with Gasteiger partial charge < -0.3 is 5.32 Å². The van der Waals surface area contributed by atoms with Crippen molar-refractivity contribution in [3.05, 3.63) is 53.9 Å². The van der Waals surface area contributed by atoms with Crippen molar-refractivity contribution in [2.75, 3.05) is 6.54 Å². The van der Waals surface area contributed by atoms with Crippen molar-refractivity contribution >= 4 is 0 Å². The van der Waals surface area contributed by atoms with Gasteiger partial charge in [0.1, 0.15) is 0 Å². The second kappa shape index (κ2) is 5.88. The summed E-state index contributed by atoms with van der Waals surface area (Å²) < 4.78 is 39.3. The van der Waals surface area contributed by atoms with Crippen LogP contribution >= 0.6 is 0 Å². The van der Waals surface area contributed by atoms with E-state index in [9.17, 15) is 13.2 Å². The Labute approximate surface area is 109 Å². The molecule has 1 aromatic carbocycles. The first kappa shape index (κ1) is 13.6. The molecule has 0 fully saturated rings. The lowest BCUT2D eigenvalue weighted by atomic mass is 10.1. The molecule has 0 atom stereocenters. The smallest absolute Gasteiger partial charge is 0.311 e. The summed E-state index contributed by atoms with van der Waals surface area (Å²) in [4.78, 5) is 0. The molecule has 0 aliphatic carbocycles. The Morgan fingerprint density at radius 3 is 2.74 bits per heavy atom. The Morgan fingerprint density at radius 2 is 2.05 bits per heavy atom. The third-order valence-corrected chi connectivity index (χ3v) is 2.66. The third-order valence-electron chi connectivity index (χ3n) is 2.66. The third kappa shape index (κ3) is 4.10. The number of alkyl halides is 3. The van der Waals surface area contributed by atoms with Crippen LogP contribution in [0.2, 0.25) is 0 Å². The van der Waals surface area contributed by atoms with Gasteiger partial charge in [-0.2, -0.15) is 18.3 Å². The second-order valence-corrected chi connectivity index (χ2v) is 4.14. The van der Waals surface area contributed by atoms with Crippen LogP contribution in [0.25, 0.3) is 0 Å². The molecule has 2 aromatic rings. The van der Waals surface area contributed by atoms with Gasteiger partial charge in [-0.15, -0.1) is 0 Å². The molecule has 0 radical (unpaired) electrons. The molecule has 0 unspecified atom stereocenters. The van der Waals surface area contributed by atoms with Gasteiger partial charge in [0.15, 0.2) is 0 Å². The van der Waals surface area contributed by atoms with Crippen LogP contribution in [-0.4, -0.2) is 16.3 Å². The lowest BCUT2D eigenvalue weighted by Crippen LogP contribution is -2.20. The topological polar surface area (TPSA) is 29.9 Å². The number of nitrogens with zero attached hydrogens (tertiary/aromatic N) is 2. The zero-order valence-corrected chi connectivity index (χ0v) is 10.2. The molecule has 102 valence electrons. The van der Waals surface area contributed by atoms with Gasteiger partial charge in [-0.25, -0.2) is 0 Å². The Balaban J connectivity index is 1.83. The first-order chi connectivity index (χ1) is 9.05.